The summed E-state index contributed by atoms with van der Waals surface area (Å²) in [5, 5.41) is 0. The van der Waals surface area contributed by atoms with Crippen molar-refractivity contribution in [2.45, 2.75) is 13.3 Å². The molecule has 0 spiro atoms. The summed E-state index contributed by atoms with van der Waals surface area (Å²) >= 11 is 0. The molecule has 0 aliphatic carbocycles. The molecule has 1 amide bonds. The SMILES string of the molecule is CCOC(=O)N1CCc2cc(OC)c(OC)cc2/C1=C/c1ccccc1. The summed E-state index contributed by atoms with van der Waals surface area (Å²) in [5.74, 6) is 1.32. The van der Waals surface area contributed by atoms with E-state index in [2.05, 4.69) is 0 Å². The van der Waals surface area contributed by atoms with Crippen LogP contribution in [-0.4, -0.2) is 38.4 Å². The Labute approximate surface area is 153 Å². The summed E-state index contributed by atoms with van der Waals surface area (Å²) < 4.78 is 16.1. The van der Waals surface area contributed by atoms with E-state index in [1.54, 1.807) is 19.1 Å². The first-order valence-electron chi connectivity index (χ1n) is 8.64. The number of ether oxygens (including phenoxy) is 3. The fourth-order valence-electron chi connectivity index (χ4n) is 3.12. The lowest BCUT2D eigenvalue weighted by atomic mass is 9.94. The molecule has 136 valence electrons. The van der Waals surface area contributed by atoms with E-state index in [1.807, 2.05) is 55.5 Å². The molecule has 26 heavy (non-hydrogen) atoms. The summed E-state index contributed by atoms with van der Waals surface area (Å²) in [6.45, 7) is 2.71. The zero-order valence-electron chi connectivity index (χ0n) is 15.3. The largest absolute Gasteiger partial charge is 0.493 e. The zero-order chi connectivity index (χ0) is 18.5. The molecule has 2 aromatic rings. The van der Waals surface area contributed by atoms with Gasteiger partial charge in [0.25, 0.3) is 0 Å². The minimum atomic E-state index is -0.338. The molecule has 5 nitrogen and oxygen atoms in total. The quantitative estimate of drug-likeness (QED) is 0.826. The molecular weight excluding hydrogens is 330 g/mol. The van der Waals surface area contributed by atoms with E-state index < -0.39 is 0 Å². The third-order valence-corrected chi connectivity index (χ3v) is 4.37. The van der Waals surface area contributed by atoms with Gasteiger partial charge >= 0.3 is 6.09 Å². The first-order valence-corrected chi connectivity index (χ1v) is 8.64. The molecule has 1 heterocycles. The molecule has 0 atom stereocenters. The van der Waals surface area contributed by atoms with E-state index in [4.69, 9.17) is 14.2 Å². The van der Waals surface area contributed by atoms with Crippen LogP contribution in [-0.2, 0) is 11.2 Å². The van der Waals surface area contributed by atoms with Gasteiger partial charge in [-0.25, -0.2) is 4.79 Å². The number of amides is 1. The van der Waals surface area contributed by atoms with Crippen molar-refractivity contribution in [2.75, 3.05) is 27.4 Å². The van der Waals surface area contributed by atoms with Gasteiger partial charge in [0.2, 0.25) is 0 Å². The number of hydrogen-bond acceptors (Lipinski definition) is 4. The number of benzene rings is 2. The maximum atomic E-state index is 12.5. The van der Waals surface area contributed by atoms with Crippen molar-refractivity contribution in [1.29, 1.82) is 0 Å². The second-order valence-corrected chi connectivity index (χ2v) is 5.91. The average molecular weight is 353 g/mol. The molecule has 0 aromatic heterocycles. The standard InChI is InChI=1S/C21H23NO4/c1-4-26-21(23)22-11-10-16-13-19(24-2)20(25-3)14-17(16)18(22)12-15-8-6-5-7-9-15/h5-9,12-14H,4,10-11H2,1-3H3/b18-12-. The van der Waals surface area contributed by atoms with Crippen LogP contribution in [0, 0.1) is 0 Å². The van der Waals surface area contributed by atoms with Gasteiger partial charge in [-0.2, -0.15) is 0 Å². The zero-order valence-corrected chi connectivity index (χ0v) is 15.3. The third kappa shape index (κ3) is 3.52. The van der Waals surface area contributed by atoms with Crippen LogP contribution in [0.15, 0.2) is 42.5 Å². The first kappa shape index (κ1) is 17.9. The maximum Gasteiger partial charge on any atom is 0.414 e. The fourth-order valence-corrected chi connectivity index (χ4v) is 3.12. The molecule has 1 aliphatic rings. The molecule has 1 aliphatic heterocycles. The highest BCUT2D eigenvalue weighted by Crippen LogP contribution is 2.38. The number of methoxy groups -OCH3 is 2. The van der Waals surface area contributed by atoms with Crippen molar-refractivity contribution in [1.82, 2.24) is 4.90 Å². The van der Waals surface area contributed by atoms with Crippen molar-refractivity contribution in [2.24, 2.45) is 0 Å². The van der Waals surface area contributed by atoms with Crippen molar-refractivity contribution in [3.05, 3.63) is 59.2 Å². The van der Waals surface area contributed by atoms with Crippen LogP contribution < -0.4 is 9.47 Å². The second-order valence-electron chi connectivity index (χ2n) is 5.91. The lowest BCUT2D eigenvalue weighted by molar-refractivity contribution is 0.125. The highest BCUT2D eigenvalue weighted by molar-refractivity contribution is 5.92. The van der Waals surface area contributed by atoms with E-state index in [0.717, 1.165) is 28.8 Å². The monoisotopic (exact) mass is 353 g/mol. The van der Waals surface area contributed by atoms with Crippen LogP contribution >= 0.6 is 0 Å². The van der Waals surface area contributed by atoms with E-state index in [9.17, 15) is 4.79 Å². The normalized spacial score (nSPS) is 14.7. The van der Waals surface area contributed by atoms with Gasteiger partial charge in [-0.05, 0) is 42.7 Å². The molecule has 0 bridgehead atoms. The topological polar surface area (TPSA) is 48.0 Å². The van der Waals surface area contributed by atoms with Gasteiger partial charge in [-0.1, -0.05) is 30.3 Å². The predicted octanol–water partition coefficient (Wildman–Crippen LogP) is 4.22. The Balaban J connectivity index is 2.13. The van der Waals surface area contributed by atoms with Crippen LogP contribution in [0.5, 0.6) is 11.5 Å². The lowest BCUT2D eigenvalue weighted by Crippen LogP contribution is -2.35. The number of rotatable bonds is 4. The first-order chi connectivity index (χ1) is 12.7. The van der Waals surface area contributed by atoms with Gasteiger partial charge in [-0.3, -0.25) is 4.90 Å². The highest BCUT2D eigenvalue weighted by atomic mass is 16.6. The smallest absolute Gasteiger partial charge is 0.414 e. The molecule has 0 fully saturated rings. The Hall–Kier alpha value is -2.95. The second kappa shape index (κ2) is 7.95. The lowest BCUT2D eigenvalue weighted by Gasteiger charge is -2.31. The molecule has 2 aromatic carbocycles. The predicted molar refractivity (Wildman–Crippen MR) is 101 cm³/mol. The van der Waals surface area contributed by atoms with Crippen LogP contribution in [0.25, 0.3) is 11.8 Å². The average Bonchev–Trinajstić information content (AvgIpc) is 2.68. The Bertz CT molecular complexity index is 814. The molecule has 0 radical (unpaired) electrons. The van der Waals surface area contributed by atoms with E-state index in [0.29, 0.717) is 24.7 Å². The highest BCUT2D eigenvalue weighted by Gasteiger charge is 2.28. The van der Waals surface area contributed by atoms with Crippen molar-refractivity contribution >= 4 is 17.9 Å². The number of fused-ring (bicyclic) bond motifs is 1. The number of nitrogens with zero attached hydrogens (tertiary/aromatic N) is 1. The van der Waals surface area contributed by atoms with Crippen LogP contribution in [0.3, 0.4) is 0 Å². The summed E-state index contributed by atoms with van der Waals surface area (Å²) in [5.41, 5.74) is 3.88. The maximum absolute atomic E-state index is 12.5. The number of carbonyl (C=O) groups is 1. The van der Waals surface area contributed by atoms with Gasteiger partial charge < -0.3 is 14.2 Å². The Morgan fingerprint density at radius 3 is 2.46 bits per heavy atom. The van der Waals surface area contributed by atoms with Gasteiger partial charge in [0.05, 0.1) is 26.5 Å². The van der Waals surface area contributed by atoms with Gasteiger partial charge in [-0.15, -0.1) is 0 Å². The Morgan fingerprint density at radius 2 is 1.81 bits per heavy atom. The van der Waals surface area contributed by atoms with E-state index in [-0.39, 0.29) is 6.09 Å². The molecule has 0 unspecified atom stereocenters. The van der Waals surface area contributed by atoms with Gasteiger partial charge in [0.1, 0.15) is 0 Å². The Morgan fingerprint density at radius 1 is 1.12 bits per heavy atom. The molecule has 0 saturated heterocycles. The van der Waals surface area contributed by atoms with Gasteiger partial charge in [0, 0.05) is 12.1 Å². The van der Waals surface area contributed by atoms with Crippen molar-refractivity contribution in [3.63, 3.8) is 0 Å². The minimum absolute atomic E-state index is 0.338. The minimum Gasteiger partial charge on any atom is -0.493 e. The molecular formula is C21H23NO4. The molecule has 0 saturated carbocycles. The molecule has 5 heteroatoms. The van der Waals surface area contributed by atoms with Crippen molar-refractivity contribution < 1.29 is 19.0 Å². The summed E-state index contributed by atoms with van der Waals surface area (Å²) in [6, 6.07) is 13.8. The van der Waals surface area contributed by atoms with Crippen LogP contribution in [0.2, 0.25) is 0 Å². The summed E-state index contributed by atoms with van der Waals surface area (Å²) in [4.78, 5) is 14.2. The molecule has 3 rings (SSSR count). The van der Waals surface area contributed by atoms with Gasteiger partial charge in [0.15, 0.2) is 11.5 Å². The number of hydrogen-bond donors (Lipinski definition) is 0. The fraction of sp³-hybridized carbons (Fsp3) is 0.286. The van der Waals surface area contributed by atoms with Crippen molar-refractivity contribution in [3.8, 4) is 11.5 Å². The Kier molecular flexibility index (Phi) is 5.46. The summed E-state index contributed by atoms with van der Waals surface area (Å²) in [7, 11) is 3.23. The third-order valence-electron chi connectivity index (χ3n) is 4.37. The number of carbonyl (C=O) groups excluding carboxylic acids is 1. The van der Waals surface area contributed by atoms with E-state index >= 15 is 0 Å². The van der Waals surface area contributed by atoms with Crippen LogP contribution in [0.4, 0.5) is 4.79 Å². The van der Waals surface area contributed by atoms with E-state index in [1.165, 1.54) is 0 Å². The van der Waals surface area contributed by atoms with Crippen LogP contribution in [0.1, 0.15) is 23.6 Å². The molecule has 0 N–H and O–H groups in total. The summed E-state index contributed by atoms with van der Waals surface area (Å²) in [6.07, 6.45) is 2.39.